The van der Waals surface area contributed by atoms with Crippen LogP contribution in [-0.4, -0.2) is 25.6 Å². The third kappa shape index (κ3) is 3.67. The van der Waals surface area contributed by atoms with E-state index in [-0.39, 0.29) is 11.9 Å². The number of hydrogen-bond donors (Lipinski definition) is 1. The number of para-hydroxylation sites is 2. The summed E-state index contributed by atoms with van der Waals surface area (Å²) < 4.78 is 5.64. The fraction of sp³-hybridized carbons (Fsp3) is 0.389. The second-order valence-electron chi connectivity index (χ2n) is 6.04. The highest BCUT2D eigenvalue weighted by atomic mass is 32.1. The minimum absolute atomic E-state index is 0.0498. The summed E-state index contributed by atoms with van der Waals surface area (Å²) >= 11 is 1.69. The van der Waals surface area contributed by atoms with Gasteiger partial charge >= 0.3 is 0 Å². The number of benzene rings is 1. The van der Waals surface area contributed by atoms with E-state index in [1.807, 2.05) is 30.3 Å². The van der Waals surface area contributed by atoms with Crippen molar-refractivity contribution >= 4 is 22.9 Å². The number of nitrogens with one attached hydrogen (secondary N) is 1. The molecule has 1 atom stereocenters. The molecule has 0 spiro atoms. The number of amides is 1. The maximum atomic E-state index is 12.5. The molecule has 1 aromatic heterocycles. The first-order chi connectivity index (χ1) is 11.1. The van der Waals surface area contributed by atoms with Gasteiger partial charge in [-0.15, -0.1) is 11.3 Å². The monoisotopic (exact) mass is 330 g/mol. The van der Waals surface area contributed by atoms with Gasteiger partial charge in [0.2, 0.25) is 5.91 Å². The van der Waals surface area contributed by atoms with Crippen LogP contribution in [0.1, 0.15) is 24.8 Å². The van der Waals surface area contributed by atoms with Crippen molar-refractivity contribution in [2.24, 2.45) is 5.92 Å². The molecule has 1 aromatic carbocycles. The molecule has 2 heterocycles. The van der Waals surface area contributed by atoms with Gasteiger partial charge in [-0.05, 0) is 29.5 Å². The summed E-state index contributed by atoms with van der Waals surface area (Å²) in [6, 6.07) is 12.1. The van der Waals surface area contributed by atoms with E-state index >= 15 is 0 Å². The molecular formula is C18H22N2O2S. The second-order valence-corrected chi connectivity index (χ2v) is 7.02. The minimum atomic E-state index is 0.0498. The Morgan fingerprint density at radius 2 is 2.13 bits per heavy atom. The van der Waals surface area contributed by atoms with E-state index in [2.05, 4.69) is 35.5 Å². The van der Waals surface area contributed by atoms with Crippen molar-refractivity contribution in [1.29, 1.82) is 0 Å². The van der Waals surface area contributed by atoms with Crippen LogP contribution in [-0.2, 0) is 4.79 Å². The Hall–Kier alpha value is -2.01. The van der Waals surface area contributed by atoms with Crippen molar-refractivity contribution in [2.45, 2.75) is 19.9 Å². The van der Waals surface area contributed by atoms with Gasteiger partial charge in [-0.25, -0.2) is 0 Å². The largest absolute Gasteiger partial charge is 0.490 e. The lowest BCUT2D eigenvalue weighted by Gasteiger charge is -2.31. The molecule has 3 rings (SSSR count). The van der Waals surface area contributed by atoms with Gasteiger partial charge in [0.05, 0.1) is 24.8 Å². The first kappa shape index (κ1) is 15.9. The van der Waals surface area contributed by atoms with E-state index in [0.29, 0.717) is 19.1 Å². The van der Waals surface area contributed by atoms with Crippen LogP contribution in [0.3, 0.4) is 0 Å². The Labute approximate surface area is 141 Å². The molecule has 0 bridgehead atoms. The van der Waals surface area contributed by atoms with Crippen LogP contribution in [0.25, 0.3) is 0 Å². The van der Waals surface area contributed by atoms with Crippen molar-refractivity contribution in [1.82, 2.24) is 5.32 Å². The fourth-order valence-corrected chi connectivity index (χ4v) is 3.77. The number of nitrogens with zero attached hydrogens (tertiary/aromatic N) is 1. The van der Waals surface area contributed by atoms with Crippen LogP contribution in [0.2, 0.25) is 0 Å². The van der Waals surface area contributed by atoms with Crippen LogP contribution < -0.4 is 15.0 Å². The Kier molecular flexibility index (Phi) is 4.86. The predicted molar refractivity (Wildman–Crippen MR) is 94.2 cm³/mol. The normalized spacial score (nSPS) is 15.0. The van der Waals surface area contributed by atoms with Gasteiger partial charge in [-0.1, -0.05) is 32.0 Å². The minimum Gasteiger partial charge on any atom is -0.490 e. The van der Waals surface area contributed by atoms with Crippen LogP contribution in [0.15, 0.2) is 41.8 Å². The molecule has 1 N–H and O–H groups in total. The second kappa shape index (κ2) is 7.04. The molecule has 0 aliphatic carbocycles. The molecule has 0 fully saturated rings. The quantitative estimate of drug-likeness (QED) is 0.913. The van der Waals surface area contributed by atoms with Gasteiger partial charge in [-0.3, -0.25) is 4.79 Å². The Morgan fingerprint density at radius 3 is 2.87 bits per heavy atom. The summed E-state index contributed by atoms with van der Waals surface area (Å²) in [5.41, 5.74) is 0.992. The first-order valence-electron chi connectivity index (χ1n) is 7.94. The van der Waals surface area contributed by atoms with E-state index in [9.17, 15) is 4.79 Å². The standard InChI is InChI=1S/C18H22N2O2S/c1-13(2)18(16-8-5-11-23-16)19-17(21)12-20-9-10-22-15-7-4-3-6-14(15)20/h3-8,11,13,18H,9-10,12H2,1-2H3,(H,19,21). The molecule has 0 radical (unpaired) electrons. The van der Waals surface area contributed by atoms with Crippen molar-refractivity contribution in [3.63, 3.8) is 0 Å². The molecule has 1 amide bonds. The average molecular weight is 330 g/mol. The van der Waals surface area contributed by atoms with E-state index in [0.717, 1.165) is 18.0 Å². The Morgan fingerprint density at radius 1 is 1.30 bits per heavy atom. The number of anilines is 1. The number of fused-ring (bicyclic) bond motifs is 1. The van der Waals surface area contributed by atoms with Crippen LogP contribution >= 0.6 is 11.3 Å². The third-order valence-corrected chi connectivity index (χ3v) is 4.95. The van der Waals surface area contributed by atoms with E-state index < -0.39 is 0 Å². The molecule has 0 saturated heterocycles. The van der Waals surface area contributed by atoms with Crippen LogP contribution in [0, 0.1) is 5.92 Å². The summed E-state index contributed by atoms with van der Waals surface area (Å²) in [4.78, 5) is 15.8. The van der Waals surface area contributed by atoms with Crippen molar-refractivity contribution in [3.05, 3.63) is 46.7 Å². The number of rotatable bonds is 5. The third-order valence-electron chi connectivity index (χ3n) is 3.99. The number of thiophene rings is 1. The number of carbonyl (C=O) groups is 1. The predicted octanol–water partition coefficient (Wildman–Crippen LogP) is 3.46. The van der Waals surface area contributed by atoms with Crippen LogP contribution in [0.4, 0.5) is 5.69 Å². The van der Waals surface area contributed by atoms with Gasteiger partial charge in [0.15, 0.2) is 0 Å². The molecule has 4 nitrogen and oxygen atoms in total. The SMILES string of the molecule is CC(C)C(NC(=O)CN1CCOc2ccccc21)c1cccs1. The van der Waals surface area contributed by atoms with Gasteiger partial charge in [-0.2, -0.15) is 0 Å². The Balaban J connectivity index is 1.68. The Bertz CT molecular complexity index is 655. The average Bonchev–Trinajstić information content (AvgIpc) is 3.07. The smallest absolute Gasteiger partial charge is 0.240 e. The molecule has 23 heavy (non-hydrogen) atoms. The topological polar surface area (TPSA) is 41.6 Å². The maximum Gasteiger partial charge on any atom is 0.240 e. The fourth-order valence-electron chi connectivity index (χ4n) is 2.82. The molecular weight excluding hydrogens is 308 g/mol. The lowest BCUT2D eigenvalue weighted by molar-refractivity contribution is -0.120. The van der Waals surface area contributed by atoms with E-state index in [1.165, 1.54) is 4.88 Å². The van der Waals surface area contributed by atoms with Crippen molar-refractivity contribution in [3.8, 4) is 5.75 Å². The van der Waals surface area contributed by atoms with Crippen molar-refractivity contribution in [2.75, 3.05) is 24.6 Å². The maximum absolute atomic E-state index is 12.5. The zero-order chi connectivity index (χ0) is 16.2. The van der Waals surface area contributed by atoms with Gasteiger partial charge in [0.25, 0.3) is 0 Å². The molecule has 0 saturated carbocycles. The number of hydrogen-bond acceptors (Lipinski definition) is 4. The summed E-state index contributed by atoms with van der Waals surface area (Å²) in [6.45, 7) is 5.97. The highest BCUT2D eigenvalue weighted by molar-refractivity contribution is 7.10. The number of carbonyl (C=O) groups excluding carboxylic acids is 1. The van der Waals surface area contributed by atoms with Crippen molar-refractivity contribution < 1.29 is 9.53 Å². The summed E-state index contributed by atoms with van der Waals surface area (Å²) in [7, 11) is 0. The molecule has 1 aliphatic rings. The zero-order valence-electron chi connectivity index (χ0n) is 13.5. The molecule has 122 valence electrons. The van der Waals surface area contributed by atoms with Gasteiger partial charge in [0.1, 0.15) is 12.4 Å². The molecule has 1 aliphatic heterocycles. The lowest BCUT2D eigenvalue weighted by atomic mass is 10.0. The summed E-state index contributed by atoms with van der Waals surface area (Å²) in [5.74, 6) is 1.26. The van der Waals surface area contributed by atoms with Crippen LogP contribution in [0.5, 0.6) is 5.75 Å². The molecule has 1 unspecified atom stereocenters. The lowest BCUT2D eigenvalue weighted by Crippen LogP contribution is -2.43. The van der Waals surface area contributed by atoms with Gasteiger partial charge in [0, 0.05) is 4.88 Å². The van der Waals surface area contributed by atoms with E-state index in [4.69, 9.17) is 4.74 Å². The van der Waals surface area contributed by atoms with Gasteiger partial charge < -0.3 is 15.0 Å². The molecule has 5 heteroatoms. The zero-order valence-corrected chi connectivity index (χ0v) is 14.3. The molecule has 2 aromatic rings. The van der Waals surface area contributed by atoms with E-state index in [1.54, 1.807) is 11.3 Å². The first-order valence-corrected chi connectivity index (χ1v) is 8.82. The number of ether oxygens (including phenoxy) is 1. The highest BCUT2D eigenvalue weighted by Gasteiger charge is 2.23. The summed E-state index contributed by atoms with van der Waals surface area (Å²) in [6.07, 6.45) is 0. The summed E-state index contributed by atoms with van der Waals surface area (Å²) in [5, 5.41) is 5.24. The highest BCUT2D eigenvalue weighted by Crippen LogP contribution is 2.31.